The molecule has 0 heterocycles. The van der Waals surface area contributed by atoms with Gasteiger partial charge >= 0.3 is 0 Å². The predicted octanol–water partition coefficient (Wildman–Crippen LogP) is 9.55. The number of amides is 1. The molecule has 2 N–H and O–H groups in total. The Bertz CT molecular complexity index is 845. The number of likely N-dealkylation sites (N-methyl/N-ethyl adjacent to an activating group) is 1. The van der Waals surface area contributed by atoms with Crippen LogP contribution in [0.25, 0.3) is 0 Å². The van der Waals surface area contributed by atoms with Gasteiger partial charge in [0.1, 0.15) is 13.2 Å². The van der Waals surface area contributed by atoms with Crippen LogP contribution in [-0.2, 0) is 18.4 Å². The molecule has 0 aromatic rings. The maximum absolute atomic E-state index is 12.7. The van der Waals surface area contributed by atoms with Crippen LogP contribution in [-0.4, -0.2) is 68.5 Å². The SMILES string of the molecule is CCCCCCC/C=C/C(O)C(COP(=O)([O-])OCC[N+](C)(C)C)NC(=O)CCCCCCCCCCC/C=C\CCCCCCCC. The van der Waals surface area contributed by atoms with Gasteiger partial charge in [0.05, 0.1) is 39.9 Å². The molecule has 0 rings (SSSR count). The fourth-order valence-corrected chi connectivity index (χ4v) is 6.16. The van der Waals surface area contributed by atoms with E-state index in [1.165, 1.54) is 109 Å². The number of hydrogen-bond acceptors (Lipinski definition) is 6. The van der Waals surface area contributed by atoms with E-state index in [0.29, 0.717) is 17.4 Å². The molecule has 1 amide bonds. The third-order valence-corrected chi connectivity index (χ3v) is 9.62. The molecule has 0 aliphatic heterocycles. The minimum atomic E-state index is -4.57. The van der Waals surface area contributed by atoms with Crippen molar-refractivity contribution >= 4 is 13.7 Å². The van der Waals surface area contributed by atoms with Gasteiger partial charge in [-0.15, -0.1) is 0 Å². The maximum Gasteiger partial charge on any atom is 0.268 e. The van der Waals surface area contributed by atoms with Crippen molar-refractivity contribution in [2.45, 2.75) is 180 Å². The second-order valence-corrected chi connectivity index (χ2v) is 16.0. The Morgan fingerprint density at radius 3 is 1.62 bits per heavy atom. The first-order chi connectivity index (χ1) is 23.0. The van der Waals surface area contributed by atoms with Crippen LogP contribution >= 0.6 is 7.82 Å². The number of unbranched alkanes of at least 4 members (excludes halogenated alkanes) is 20. The summed E-state index contributed by atoms with van der Waals surface area (Å²) >= 11 is 0. The fourth-order valence-electron chi connectivity index (χ4n) is 5.44. The smallest absolute Gasteiger partial charge is 0.268 e. The third-order valence-electron chi connectivity index (χ3n) is 8.66. The van der Waals surface area contributed by atoms with E-state index in [1.54, 1.807) is 6.08 Å². The first-order valence-electron chi connectivity index (χ1n) is 19.7. The third kappa shape index (κ3) is 33.5. The Balaban J connectivity index is 4.29. The van der Waals surface area contributed by atoms with Crippen molar-refractivity contribution in [2.75, 3.05) is 40.9 Å². The number of aliphatic hydroxyl groups excluding tert-OH is 1. The molecule has 0 spiro atoms. The molecule has 3 unspecified atom stereocenters. The lowest BCUT2D eigenvalue weighted by atomic mass is 10.0. The topological polar surface area (TPSA) is 108 Å². The minimum Gasteiger partial charge on any atom is -0.756 e. The maximum atomic E-state index is 12.7. The van der Waals surface area contributed by atoms with Crippen LogP contribution in [0, 0.1) is 0 Å². The molecule has 0 saturated heterocycles. The van der Waals surface area contributed by atoms with Gasteiger partial charge in [-0.05, 0) is 44.9 Å². The summed E-state index contributed by atoms with van der Waals surface area (Å²) in [5, 5.41) is 13.6. The van der Waals surface area contributed by atoms with E-state index in [0.717, 1.165) is 38.5 Å². The molecule has 0 radical (unpaired) electrons. The van der Waals surface area contributed by atoms with Gasteiger partial charge in [0.25, 0.3) is 7.82 Å². The highest BCUT2D eigenvalue weighted by Gasteiger charge is 2.23. The molecule has 0 fully saturated rings. The highest BCUT2D eigenvalue weighted by Crippen LogP contribution is 2.38. The average Bonchev–Trinajstić information content (AvgIpc) is 3.02. The Hall–Kier alpha value is -1.02. The number of rotatable bonds is 35. The van der Waals surface area contributed by atoms with Gasteiger partial charge in [0.2, 0.25) is 5.91 Å². The molecule has 0 aromatic carbocycles. The molecule has 0 bridgehead atoms. The van der Waals surface area contributed by atoms with Crippen LogP contribution in [0.2, 0.25) is 0 Å². The van der Waals surface area contributed by atoms with Crippen molar-refractivity contribution in [2.24, 2.45) is 0 Å². The second-order valence-electron chi connectivity index (χ2n) is 14.6. The number of aliphatic hydroxyl groups is 1. The van der Waals surface area contributed by atoms with Crippen molar-refractivity contribution in [3.8, 4) is 0 Å². The van der Waals surface area contributed by atoms with E-state index in [-0.39, 0.29) is 19.1 Å². The number of quaternary nitrogens is 1. The molecule has 0 saturated carbocycles. The van der Waals surface area contributed by atoms with Gasteiger partial charge < -0.3 is 28.8 Å². The van der Waals surface area contributed by atoms with Crippen molar-refractivity contribution in [3.63, 3.8) is 0 Å². The zero-order valence-corrected chi connectivity index (χ0v) is 32.8. The van der Waals surface area contributed by atoms with E-state index in [4.69, 9.17) is 9.05 Å². The van der Waals surface area contributed by atoms with E-state index < -0.39 is 20.0 Å². The molecule has 284 valence electrons. The standard InChI is InChI=1S/C39H77N2O6P/c1-6-8-10-12-14-15-16-17-18-19-20-21-22-23-24-25-27-29-31-33-39(43)40-37(38(42)32-30-28-26-13-11-9-7-2)36-47-48(44,45)46-35-34-41(3,4)5/h17-18,30,32,37-38,42H,6-16,19-29,31,33-36H2,1-5H3,(H-,40,43,44,45)/b18-17-,32-30+. The minimum absolute atomic E-state index is 0.00120. The fraction of sp³-hybridized carbons (Fsp3) is 0.872. The van der Waals surface area contributed by atoms with E-state index in [1.807, 2.05) is 27.2 Å². The van der Waals surface area contributed by atoms with Gasteiger partial charge in [-0.25, -0.2) is 0 Å². The number of carbonyl (C=O) groups is 1. The lowest BCUT2D eigenvalue weighted by Gasteiger charge is -2.29. The summed E-state index contributed by atoms with van der Waals surface area (Å²) in [6, 6.07) is -0.881. The van der Waals surface area contributed by atoms with E-state index in [2.05, 4.69) is 31.3 Å². The lowest BCUT2D eigenvalue weighted by molar-refractivity contribution is -0.870. The molecular weight excluding hydrogens is 623 g/mol. The molecule has 0 aliphatic rings. The molecule has 0 aliphatic carbocycles. The van der Waals surface area contributed by atoms with Crippen molar-refractivity contribution < 1.29 is 32.9 Å². The van der Waals surface area contributed by atoms with E-state index in [9.17, 15) is 19.4 Å². The summed E-state index contributed by atoms with van der Waals surface area (Å²) in [4.78, 5) is 25.1. The van der Waals surface area contributed by atoms with Gasteiger partial charge in [-0.1, -0.05) is 141 Å². The Morgan fingerprint density at radius 1 is 0.708 bits per heavy atom. The van der Waals surface area contributed by atoms with Crippen LogP contribution in [0.15, 0.2) is 24.3 Å². The Labute approximate surface area is 296 Å². The number of phosphoric ester groups is 1. The molecule has 48 heavy (non-hydrogen) atoms. The normalized spacial score (nSPS) is 14.9. The Morgan fingerprint density at radius 2 is 1.15 bits per heavy atom. The predicted molar refractivity (Wildman–Crippen MR) is 201 cm³/mol. The first-order valence-corrected chi connectivity index (χ1v) is 21.2. The van der Waals surface area contributed by atoms with Crippen LogP contribution in [0.3, 0.4) is 0 Å². The summed E-state index contributed by atoms with van der Waals surface area (Å²) in [5.41, 5.74) is 0. The van der Waals surface area contributed by atoms with E-state index >= 15 is 0 Å². The summed E-state index contributed by atoms with van der Waals surface area (Å²) < 4.78 is 23.0. The van der Waals surface area contributed by atoms with Crippen molar-refractivity contribution in [1.82, 2.24) is 5.32 Å². The van der Waals surface area contributed by atoms with Crippen molar-refractivity contribution in [1.29, 1.82) is 0 Å². The number of hydrogen-bond donors (Lipinski definition) is 2. The van der Waals surface area contributed by atoms with Gasteiger partial charge in [-0.2, -0.15) is 0 Å². The average molecular weight is 701 g/mol. The quantitative estimate of drug-likeness (QED) is 0.0295. The van der Waals surface area contributed by atoms with Crippen LogP contribution in [0.5, 0.6) is 0 Å². The number of allylic oxidation sites excluding steroid dienone is 3. The first kappa shape index (κ1) is 47.0. The molecular formula is C39H77N2O6P. The number of phosphoric acid groups is 1. The summed E-state index contributed by atoms with van der Waals surface area (Å²) in [7, 11) is 1.25. The number of nitrogens with one attached hydrogen (secondary N) is 1. The van der Waals surface area contributed by atoms with Crippen molar-refractivity contribution in [3.05, 3.63) is 24.3 Å². The largest absolute Gasteiger partial charge is 0.756 e. The summed E-state index contributed by atoms with van der Waals surface area (Å²) in [6.45, 7) is 4.56. The lowest BCUT2D eigenvalue weighted by Crippen LogP contribution is -2.45. The summed E-state index contributed by atoms with van der Waals surface area (Å²) in [6.07, 6.45) is 35.2. The highest BCUT2D eigenvalue weighted by molar-refractivity contribution is 7.45. The Kier molecular flexibility index (Phi) is 31.2. The van der Waals surface area contributed by atoms with Crippen LogP contribution < -0.4 is 10.2 Å². The number of carbonyl (C=O) groups excluding carboxylic acids is 1. The van der Waals surface area contributed by atoms with Crippen LogP contribution in [0.4, 0.5) is 0 Å². The molecule has 0 aromatic heterocycles. The van der Waals surface area contributed by atoms with Gasteiger partial charge in [0, 0.05) is 6.42 Å². The van der Waals surface area contributed by atoms with Gasteiger partial charge in [0.15, 0.2) is 0 Å². The molecule has 9 heteroatoms. The molecule has 3 atom stereocenters. The summed E-state index contributed by atoms with van der Waals surface area (Å²) in [5.74, 6) is -0.205. The zero-order valence-electron chi connectivity index (χ0n) is 31.9. The number of nitrogens with zero attached hydrogens (tertiary/aromatic N) is 1. The van der Waals surface area contributed by atoms with Gasteiger partial charge in [-0.3, -0.25) is 9.36 Å². The molecule has 8 nitrogen and oxygen atoms in total. The monoisotopic (exact) mass is 701 g/mol. The van der Waals surface area contributed by atoms with Crippen LogP contribution in [0.1, 0.15) is 168 Å². The highest BCUT2D eigenvalue weighted by atomic mass is 31.2. The second kappa shape index (κ2) is 31.9. The zero-order chi connectivity index (χ0) is 35.8.